The van der Waals surface area contributed by atoms with Crippen molar-refractivity contribution in [2.75, 3.05) is 0 Å². The van der Waals surface area contributed by atoms with E-state index in [0.717, 1.165) is 50.2 Å². The molecule has 0 aliphatic carbocycles. The molecule has 0 saturated heterocycles. The highest BCUT2D eigenvalue weighted by atomic mass is 32.1. The number of thiol groups is 1. The zero-order chi connectivity index (χ0) is 33.0. The van der Waals surface area contributed by atoms with Crippen molar-refractivity contribution in [3.05, 3.63) is 164 Å². The molecule has 6 nitrogen and oxygen atoms in total. The molecule has 0 N–H and O–H groups in total. The van der Waals surface area contributed by atoms with Crippen LogP contribution in [-0.4, -0.2) is 29.9 Å². The third-order valence-electron chi connectivity index (χ3n) is 8.15. The molecule has 232 valence electrons. The molecular weight excluding hydrogens is 621 g/mol. The highest BCUT2D eigenvalue weighted by Gasteiger charge is 2.18. The molecule has 3 aromatic heterocycles. The molecule has 0 radical (unpaired) electrons. The van der Waals surface area contributed by atoms with Gasteiger partial charge in [-0.25, -0.2) is 24.9 Å². The summed E-state index contributed by atoms with van der Waals surface area (Å²) in [5, 5.41) is 0. The maximum atomic E-state index is 5.07. The third-order valence-corrected chi connectivity index (χ3v) is 8.57. The molecule has 0 amide bonds. The third kappa shape index (κ3) is 6.35. The molecule has 0 aliphatic rings. The summed E-state index contributed by atoms with van der Waals surface area (Å²) in [7, 11) is 0. The van der Waals surface area contributed by atoms with Crippen LogP contribution in [-0.2, 0) is 0 Å². The van der Waals surface area contributed by atoms with E-state index in [1.165, 1.54) is 0 Å². The fourth-order valence-electron chi connectivity index (χ4n) is 5.65. The molecule has 0 fully saturated rings. The Morgan fingerprint density at radius 2 is 0.653 bits per heavy atom. The van der Waals surface area contributed by atoms with Crippen molar-refractivity contribution in [3.8, 4) is 79.2 Å². The van der Waals surface area contributed by atoms with Gasteiger partial charge in [-0.15, -0.1) is 12.6 Å². The largest absolute Gasteiger partial charge is 0.263 e. The van der Waals surface area contributed by atoms with Gasteiger partial charge >= 0.3 is 0 Å². The van der Waals surface area contributed by atoms with Crippen molar-refractivity contribution < 1.29 is 0 Å². The molecule has 0 atom stereocenters. The zero-order valence-corrected chi connectivity index (χ0v) is 27.1. The number of benzene rings is 5. The quantitative estimate of drug-likeness (QED) is 0.173. The second-order valence-electron chi connectivity index (χ2n) is 11.4. The minimum atomic E-state index is 0.578. The normalized spacial score (nSPS) is 11.0. The van der Waals surface area contributed by atoms with Gasteiger partial charge in [0.1, 0.15) is 0 Å². The van der Waals surface area contributed by atoms with Gasteiger partial charge in [0.15, 0.2) is 23.3 Å². The van der Waals surface area contributed by atoms with Crippen LogP contribution in [0.5, 0.6) is 0 Å². The molecule has 8 rings (SSSR count). The number of nitrogens with zero attached hydrogens (tertiary/aromatic N) is 6. The van der Waals surface area contributed by atoms with E-state index in [9.17, 15) is 0 Å². The van der Waals surface area contributed by atoms with Gasteiger partial charge < -0.3 is 0 Å². The average molecular weight is 649 g/mol. The lowest BCUT2D eigenvalue weighted by atomic mass is 10.0. The molecule has 7 heteroatoms. The van der Waals surface area contributed by atoms with Gasteiger partial charge in [0, 0.05) is 51.3 Å². The van der Waals surface area contributed by atoms with Gasteiger partial charge in [-0.3, -0.25) is 4.98 Å². The summed E-state index contributed by atoms with van der Waals surface area (Å²) in [5.74, 6) is 2.39. The first-order valence-corrected chi connectivity index (χ1v) is 16.3. The minimum absolute atomic E-state index is 0.578. The van der Waals surface area contributed by atoms with Crippen molar-refractivity contribution in [1.29, 1.82) is 0 Å². The Labute approximate surface area is 289 Å². The van der Waals surface area contributed by atoms with Crippen LogP contribution in [0.2, 0.25) is 0 Å². The lowest BCUT2D eigenvalue weighted by Crippen LogP contribution is -2.01. The fourth-order valence-corrected chi connectivity index (χ4v) is 6.00. The van der Waals surface area contributed by atoms with E-state index < -0.39 is 0 Å². The van der Waals surface area contributed by atoms with E-state index in [0.29, 0.717) is 33.9 Å². The lowest BCUT2D eigenvalue weighted by Gasteiger charge is -2.14. The van der Waals surface area contributed by atoms with Gasteiger partial charge in [-0.05, 0) is 11.6 Å². The molecule has 0 unspecified atom stereocenters. The number of aromatic nitrogens is 6. The van der Waals surface area contributed by atoms with Gasteiger partial charge in [0.05, 0.1) is 16.3 Å². The average Bonchev–Trinajstić information content (AvgIpc) is 3.19. The molecule has 3 heterocycles. The van der Waals surface area contributed by atoms with E-state index in [-0.39, 0.29) is 0 Å². The Bertz CT molecular complexity index is 2310. The fraction of sp³-hybridized carbons (Fsp3) is 0. The summed E-state index contributed by atoms with van der Waals surface area (Å²) in [6.45, 7) is 0. The van der Waals surface area contributed by atoms with Gasteiger partial charge in [0.2, 0.25) is 0 Å². The summed E-state index contributed by atoms with van der Waals surface area (Å²) >= 11 is 4.98. The summed E-state index contributed by atoms with van der Waals surface area (Å²) in [6, 6.07) is 50.3. The van der Waals surface area contributed by atoms with Crippen LogP contribution >= 0.6 is 12.6 Å². The van der Waals surface area contributed by atoms with Gasteiger partial charge in [-0.2, -0.15) is 0 Å². The second-order valence-corrected chi connectivity index (χ2v) is 11.9. The molecule has 0 bridgehead atoms. The Morgan fingerprint density at radius 1 is 0.306 bits per heavy atom. The van der Waals surface area contributed by atoms with Gasteiger partial charge in [-0.1, -0.05) is 146 Å². The highest BCUT2D eigenvalue weighted by molar-refractivity contribution is 7.80. The molecule has 0 aliphatic heterocycles. The van der Waals surface area contributed by atoms with E-state index in [4.69, 9.17) is 37.5 Å². The van der Waals surface area contributed by atoms with Crippen molar-refractivity contribution >= 4 is 12.6 Å². The molecule has 5 aromatic carbocycles. The van der Waals surface area contributed by atoms with E-state index >= 15 is 0 Å². The lowest BCUT2D eigenvalue weighted by molar-refractivity contribution is 1.07. The maximum absolute atomic E-state index is 5.07. The monoisotopic (exact) mass is 648 g/mol. The minimum Gasteiger partial charge on any atom is -0.263 e. The summed E-state index contributed by atoms with van der Waals surface area (Å²) in [5.41, 5.74) is 8.89. The topological polar surface area (TPSA) is 77.3 Å². The Morgan fingerprint density at radius 3 is 1.12 bits per heavy atom. The van der Waals surface area contributed by atoms with Gasteiger partial charge in [0.25, 0.3) is 0 Å². The van der Waals surface area contributed by atoms with Crippen molar-refractivity contribution in [2.45, 2.75) is 4.90 Å². The zero-order valence-electron chi connectivity index (χ0n) is 26.2. The molecule has 0 saturated carbocycles. The van der Waals surface area contributed by atoms with E-state index in [2.05, 4.69) is 23.2 Å². The first-order valence-electron chi connectivity index (χ1n) is 15.8. The van der Waals surface area contributed by atoms with Crippen LogP contribution in [0.4, 0.5) is 0 Å². The first-order chi connectivity index (χ1) is 24.2. The second kappa shape index (κ2) is 13.4. The van der Waals surface area contributed by atoms with Crippen molar-refractivity contribution in [1.82, 2.24) is 29.9 Å². The smallest absolute Gasteiger partial charge is 0.164 e. The summed E-state index contributed by atoms with van der Waals surface area (Å²) < 4.78 is 0. The molecule has 8 aromatic rings. The standard InChI is InChI=1S/C42H28N6S/c49-38-36(29-15-7-2-8-16-29)44-39(45-37(38)35-25-34(26-43-27-35)28-13-5-1-6-14-28)32-21-23-33(24-22-32)42-47-40(30-17-9-3-10-18-30)46-41(48-42)31-19-11-4-12-20-31/h1-27,49H. The number of rotatable bonds is 7. The Hall–Kier alpha value is -6.31. The van der Waals surface area contributed by atoms with Crippen LogP contribution in [0.15, 0.2) is 169 Å². The SMILES string of the molecule is Sc1c(-c2ccccc2)nc(-c2ccc(-c3nc(-c4ccccc4)nc(-c4ccccc4)n3)cc2)nc1-c1cncc(-c2ccccc2)c1. The first kappa shape index (κ1) is 30.1. The Balaban J connectivity index is 1.22. The summed E-state index contributed by atoms with van der Waals surface area (Å²) in [4.78, 5) is 30.0. The maximum Gasteiger partial charge on any atom is 0.164 e. The van der Waals surface area contributed by atoms with Crippen LogP contribution in [0.25, 0.3) is 79.2 Å². The molecular formula is C42H28N6S. The number of pyridine rings is 1. The predicted octanol–water partition coefficient (Wildman–Crippen LogP) is 10.0. The highest BCUT2D eigenvalue weighted by Crippen LogP contribution is 2.36. The van der Waals surface area contributed by atoms with Crippen LogP contribution in [0.1, 0.15) is 0 Å². The van der Waals surface area contributed by atoms with E-state index in [1.807, 2.05) is 146 Å². The number of hydrogen-bond acceptors (Lipinski definition) is 7. The summed E-state index contributed by atoms with van der Waals surface area (Å²) in [6.07, 6.45) is 3.69. The Kier molecular flexibility index (Phi) is 8.24. The predicted molar refractivity (Wildman–Crippen MR) is 199 cm³/mol. The number of hydrogen-bond donors (Lipinski definition) is 1. The van der Waals surface area contributed by atoms with Crippen molar-refractivity contribution in [3.63, 3.8) is 0 Å². The molecule has 0 spiro atoms. The molecule has 49 heavy (non-hydrogen) atoms. The van der Waals surface area contributed by atoms with Crippen LogP contribution < -0.4 is 0 Å². The van der Waals surface area contributed by atoms with Crippen molar-refractivity contribution in [2.24, 2.45) is 0 Å². The van der Waals surface area contributed by atoms with E-state index in [1.54, 1.807) is 0 Å². The van der Waals surface area contributed by atoms with Crippen LogP contribution in [0, 0.1) is 0 Å². The van der Waals surface area contributed by atoms with Crippen LogP contribution in [0.3, 0.4) is 0 Å².